The van der Waals surface area contributed by atoms with Crippen LogP contribution in [0.5, 0.6) is 0 Å². The van der Waals surface area contributed by atoms with Crippen molar-refractivity contribution < 1.29 is 8.78 Å². The highest BCUT2D eigenvalue weighted by Crippen LogP contribution is 2.26. The van der Waals surface area contributed by atoms with Crippen molar-refractivity contribution in [2.75, 3.05) is 0 Å². The minimum absolute atomic E-state index is 0.0398. The maximum absolute atomic E-state index is 13.3. The molecule has 0 saturated heterocycles. The third-order valence-corrected chi connectivity index (χ3v) is 3.07. The number of halogens is 2. The fraction of sp³-hybridized carbons (Fsp3) is 0.400. The largest absolute Gasteiger partial charge is 0.310 e. The molecule has 20 heavy (non-hydrogen) atoms. The normalized spacial score (nSPS) is 11.6. The highest BCUT2D eigenvalue weighted by atomic mass is 19.3. The van der Waals surface area contributed by atoms with Crippen molar-refractivity contribution in [3.8, 4) is 5.69 Å². The third-order valence-electron chi connectivity index (χ3n) is 3.07. The Morgan fingerprint density at radius 1 is 1.20 bits per heavy atom. The van der Waals surface area contributed by atoms with E-state index in [-0.39, 0.29) is 11.7 Å². The highest BCUT2D eigenvalue weighted by molar-refractivity contribution is 5.37. The van der Waals surface area contributed by atoms with E-state index in [1.165, 1.54) is 10.9 Å². The second kappa shape index (κ2) is 6.13. The van der Waals surface area contributed by atoms with E-state index in [0.717, 1.165) is 5.56 Å². The number of aromatic nitrogens is 2. The van der Waals surface area contributed by atoms with Crippen LogP contribution in [0.1, 0.15) is 37.1 Å². The highest BCUT2D eigenvalue weighted by Gasteiger charge is 2.20. The van der Waals surface area contributed by atoms with Crippen molar-refractivity contribution in [1.29, 1.82) is 0 Å². The monoisotopic (exact) mass is 279 g/mol. The van der Waals surface area contributed by atoms with Crippen LogP contribution in [0, 0.1) is 6.92 Å². The molecule has 0 aliphatic rings. The predicted octanol–water partition coefficient (Wildman–Crippen LogP) is 3.62. The van der Waals surface area contributed by atoms with Gasteiger partial charge in [0.25, 0.3) is 6.43 Å². The molecule has 0 aliphatic carbocycles. The molecule has 0 fully saturated rings. The zero-order valence-corrected chi connectivity index (χ0v) is 11.9. The molecular formula is C15H19F2N3. The molecule has 2 rings (SSSR count). The molecule has 0 radical (unpaired) electrons. The molecule has 0 unspecified atom stereocenters. The third kappa shape index (κ3) is 3.22. The summed E-state index contributed by atoms with van der Waals surface area (Å²) >= 11 is 0. The number of hydrogen-bond acceptors (Lipinski definition) is 2. The van der Waals surface area contributed by atoms with E-state index in [2.05, 4.69) is 10.4 Å². The van der Waals surface area contributed by atoms with Crippen molar-refractivity contribution in [2.24, 2.45) is 0 Å². The maximum atomic E-state index is 13.3. The summed E-state index contributed by atoms with van der Waals surface area (Å²) in [6, 6.07) is 7.61. The van der Waals surface area contributed by atoms with Crippen LogP contribution in [-0.4, -0.2) is 15.8 Å². The first-order valence-corrected chi connectivity index (χ1v) is 6.64. The van der Waals surface area contributed by atoms with E-state index in [9.17, 15) is 8.78 Å². The van der Waals surface area contributed by atoms with Crippen LogP contribution < -0.4 is 5.32 Å². The molecule has 1 heterocycles. The summed E-state index contributed by atoms with van der Waals surface area (Å²) in [5.74, 6) is 0. The summed E-state index contributed by atoms with van der Waals surface area (Å²) < 4.78 is 28.0. The van der Waals surface area contributed by atoms with Gasteiger partial charge in [0.2, 0.25) is 0 Å². The molecule has 5 heteroatoms. The molecule has 0 bridgehead atoms. The van der Waals surface area contributed by atoms with Crippen LogP contribution in [0.2, 0.25) is 0 Å². The van der Waals surface area contributed by atoms with E-state index in [1.807, 2.05) is 32.9 Å². The number of rotatable bonds is 5. The summed E-state index contributed by atoms with van der Waals surface area (Å²) in [5, 5.41) is 7.26. The molecule has 0 amide bonds. The number of nitrogens with one attached hydrogen (secondary N) is 1. The number of alkyl halides is 2. The topological polar surface area (TPSA) is 29.9 Å². The second-order valence-electron chi connectivity index (χ2n) is 5.14. The number of aryl methyl sites for hydroxylation is 1. The molecular weight excluding hydrogens is 260 g/mol. The number of hydrogen-bond donors (Lipinski definition) is 1. The van der Waals surface area contributed by atoms with Gasteiger partial charge in [-0.1, -0.05) is 31.5 Å². The molecule has 1 aromatic carbocycles. The van der Waals surface area contributed by atoms with Crippen molar-refractivity contribution in [3.05, 3.63) is 47.3 Å². The molecule has 108 valence electrons. The Bertz CT molecular complexity index is 559. The molecule has 1 N–H and O–H groups in total. The SMILES string of the molecule is Cc1ccc(-n2ncc(CNC(C)C)c2C(F)F)cc1. The number of benzene rings is 1. The second-order valence-corrected chi connectivity index (χ2v) is 5.14. The average Bonchev–Trinajstić information content (AvgIpc) is 2.81. The molecule has 3 nitrogen and oxygen atoms in total. The summed E-state index contributed by atoms with van der Waals surface area (Å²) in [6.07, 6.45) is -1.04. The Morgan fingerprint density at radius 3 is 2.40 bits per heavy atom. The maximum Gasteiger partial charge on any atom is 0.280 e. The Hall–Kier alpha value is -1.75. The van der Waals surface area contributed by atoms with Crippen LogP contribution >= 0.6 is 0 Å². The van der Waals surface area contributed by atoms with Crippen LogP contribution in [-0.2, 0) is 6.54 Å². The van der Waals surface area contributed by atoms with E-state index in [4.69, 9.17) is 0 Å². The van der Waals surface area contributed by atoms with Crippen molar-refractivity contribution in [1.82, 2.24) is 15.1 Å². The summed E-state index contributed by atoms with van der Waals surface area (Å²) in [7, 11) is 0. The van der Waals surface area contributed by atoms with Gasteiger partial charge >= 0.3 is 0 Å². The molecule has 1 aromatic heterocycles. The van der Waals surface area contributed by atoms with E-state index < -0.39 is 6.43 Å². The lowest BCUT2D eigenvalue weighted by molar-refractivity contribution is 0.141. The average molecular weight is 279 g/mol. The zero-order chi connectivity index (χ0) is 14.7. The van der Waals surface area contributed by atoms with Crippen LogP contribution in [0.15, 0.2) is 30.5 Å². The fourth-order valence-electron chi connectivity index (χ4n) is 1.97. The first-order chi connectivity index (χ1) is 9.49. The molecule has 0 atom stereocenters. The van der Waals surface area contributed by atoms with Crippen molar-refractivity contribution >= 4 is 0 Å². The lowest BCUT2D eigenvalue weighted by atomic mass is 10.2. The first kappa shape index (κ1) is 14.7. The minimum atomic E-state index is -2.55. The number of nitrogens with zero attached hydrogens (tertiary/aromatic N) is 2. The Balaban J connectivity index is 2.36. The van der Waals surface area contributed by atoms with E-state index in [0.29, 0.717) is 17.8 Å². The van der Waals surface area contributed by atoms with Crippen LogP contribution in [0.4, 0.5) is 8.78 Å². The Labute approximate surface area is 117 Å². The molecule has 0 aliphatic heterocycles. The minimum Gasteiger partial charge on any atom is -0.310 e. The van der Waals surface area contributed by atoms with Crippen molar-refractivity contribution in [2.45, 2.75) is 39.8 Å². The van der Waals surface area contributed by atoms with Gasteiger partial charge < -0.3 is 5.32 Å². The molecule has 0 spiro atoms. The Morgan fingerprint density at radius 2 is 1.85 bits per heavy atom. The summed E-state index contributed by atoms with van der Waals surface area (Å²) in [6.45, 7) is 6.31. The van der Waals surface area contributed by atoms with Gasteiger partial charge in [0, 0.05) is 18.2 Å². The van der Waals surface area contributed by atoms with Gasteiger partial charge in [0.15, 0.2) is 0 Å². The predicted molar refractivity (Wildman–Crippen MR) is 75.2 cm³/mol. The lowest BCUT2D eigenvalue weighted by Gasteiger charge is -2.11. The summed E-state index contributed by atoms with van der Waals surface area (Å²) in [4.78, 5) is 0. The Kier molecular flexibility index (Phi) is 4.49. The lowest BCUT2D eigenvalue weighted by Crippen LogP contribution is -2.22. The van der Waals surface area contributed by atoms with Crippen molar-refractivity contribution in [3.63, 3.8) is 0 Å². The van der Waals surface area contributed by atoms with Gasteiger partial charge in [-0.25, -0.2) is 13.5 Å². The van der Waals surface area contributed by atoms with Crippen LogP contribution in [0.25, 0.3) is 5.69 Å². The molecule has 0 saturated carbocycles. The van der Waals surface area contributed by atoms with E-state index in [1.54, 1.807) is 12.1 Å². The fourth-order valence-corrected chi connectivity index (χ4v) is 1.97. The van der Waals surface area contributed by atoms with Gasteiger partial charge in [-0.3, -0.25) is 0 Å². The van der Waals surface area contributed by atoms with Gasteiger partial charge in [0.1, 0.15) is 5.69 Å². The van der Waals surface area contributed by atoms with Gasteiger partial charge in [-0.05, 0) is 19.1 Å². The first-order valence-electron chi connectivity index (χ1n) is 6.64. The molecule has 2 aromatic rings. The smallest absolute Gasteiger partial charge is 0.280 e. The zero-order valence-electron chi connectivity index (χ0n) is 11.9. The summed E-state index contributed by atoms with van der Waals surface area (Å²) in [5.41, 5.74) is 2.24. The van der Waals surface area contributed by atoms with E-state index >= 15 is 0 Å². The van der Waals surface area contributed by atoms with Gasteiger partial charge in [-0.2, -0.15) is 5.10 Å². The quantitative estimate of drug-likeness (QED) is 0.906. The van der Waals surface area contributed by atoms with Gasteiger partial charge in [0.05, 0.1) is 11.9 Å². The van der Waals surface area contributed by atoms with Gasteiger partial charge in [-0.15, -0.1) is 0 Å². The standard InChI is InChI=1S/C15H19F2N3/c1-10(2)18-8-12-9-19-20(14(12)15(16)17)13-6-4-11(3)5-7-13/h4-7,9-10,15,18H,8H2,1-3H3. The van der Waals surface area contributed by atoms with Crippen LogP contribution in [0.3, 0.4) is 0 Å².